The molecule has 1 aliphatic rings. The minimum absolute atomic E-state index is 0.323. The Labute approximate surface area is 101 Å². The van der Waals surface area contributed by atoms with Crippen LogP contribution < -0.4 is 0 Å². The largest absolute Gasteiger partial charge is 0.478 e. The molecule has 1 aliphatic heterocycles. The predicted molar refractivity (Wildman–Crippen MR) is 64.4 cm³/mol. The number of aromatic nitrogens is 2. The van der Waals surface area contributed by atoms with Gasteiger partial charge in [-0.25, -0.2) is 4.79 Å². The van der Waals surface area contributed by atoms with Crippen LogP contribution in [0.4, 0.5) is 0 Å². The number of carboxylic acid groups (broad SMARTS) is 1. The van der Waals surface area contributed by atoms with Crippen molar-refractivity contribution < 1.29 is 9.90 Å². The molecule has 1 fully saturated rings. The lowest BCUT2D eigenvalue weighted by molar-refractivity contribution is 0.0651. The van der Waals surface area contributed by atoms with Crippen LogP contribution in [-0.2, 0) is 0 Å². The molecule has 0 amide bonds. The van der Waals surface area contributed by atoms with Crippen molar-refractivity contribution in [2.75, 3.05) is 13.1 Å². The third-order valence-electron chi connectivity index (χ3n) is 3.51. The van der Waals surface area contributed by atoms with Gasteiger partial charge in [0.2, 0.25) is 0 Å². The van der Waals surface area contributed by atoms with Crippen LogP contribution in [0.2, 0.25) is 0 Å². The summed E-state index contributed by atoms with van der Waals surface area (Å²) in [6, 6.07) is 0.867. The van der Waals surface area contributed by atoms with Crippen molar-refractivity contribution >= 4 is 5.97 Å². The first kappa shape index (κ1) is 12.1. The van der Waals surface area contributed by atoms with E-state index in [1.807, 2.05) is 11.6 Å². The highest BCUT2D eigenvalue weighted by molar-refractivity contribution is 5.90. The summed E-state index contributed by atoms with van der Waals surface area (Å²) in [5.74, 6) is -0.883. The van der Waals surface area contributed by atoms with Gasteiger partial charge in [0, 0.05) is 19.1 Å². The number of rotatable bonds is 3. The van der Waals surface area contributed by atoms with Gasteiger partial charge in [0.1, 0.15) is 5.56 Å². The number of aryl methyl sites for hydroxylation is 1. The second kappa shape index (κ2) is 4.14. The molecule has 0 atom stereocenters. The molecule has 1 aromatic heterocycles. The van der Waals surface area contributed by atoms with Crippen molar-refractivity contribution in [3.8, 4) is 0 Å². The molecule has 2 heterocycles. The van der Waals surface area contributed by atoms with Gasteiger partial charge in [0.05, 0.1) is 17.4 Å². The van der Waals surface area contributed by atoms with Crippen LogP contribution in [0, 0.1) is 13.8 Å². The fraction of sp³-hybridized carbons (Fsp3) is 0.667. The van der Waals surface area contributed by atoms with Crippen LogP contribution in [0.5, 0.6) is 0 Å². The van der Waals surface area contributed by atoms with Gasteiger partial charge in [-0.2, -0.15) is 5.10 Å². The Morgan fingerprint density at radius 3 is 2.41 bits per heavy atom. The molecule has 2 rings (SSSR count). The van der Waals surface area contributed by atoms with Crippen molar-refractivity contribution in [2.24, 2.45) is 0 Å². The topological polar surface area (TPSA) is 58.4 Å². The number of hydrogen-bond acceptors (Lipinski definition) is 3. The second-order valence-electron chi connectivity index (χ2n) is 5.00. The standard InChI is InChI=1S/C12H19N3O2/c1-7(2)14-5-10(6-14)15-9(4)11(12(16)17)8(3)13-15/h7,10H,5-6H2,1-4H3,(H,16,17). The van der Waals surface area contributed by atoms with Crippen molar-refractivity contribution in [3.63, 3.8) is 0 Å². The quantitative estimate of drug-likeness (QED) is 0.864. The molecular formula is C12H19N3O2. The van der Waals surface area contributed by atoms with Crippen LogP contribution in [0.25, 0.3) is 0 Å². The predicted octanol–water partition coefficient (Wildman–Crippen LogP) is 1.46. The van der Waals surface area contributed by atoms with Crippen molar-refractivity contribution in [2.45, 2.75) is 39.8 Å². The zero-order chi connectivity index (χ0) is 12.7. The van der Waals surface area contributed by atoms with Gasteiger partial charge in [-0.05, 0) is 27.7 Å². The summed E-state index contributed by atoms with van der Waals surface area (Å²) >= 11 is 0. The van der Waals surface area contributed by atoms with E-state index in [0.29, 0.717) is 23.3 Å². The molecule has 0 bridgehead atoms. The Hall–Kier alpha value is -1.36. The number of carboxylic acids is 1. The summed E-state index contributed by atoms with van der Waals surface area (Å²) < 4.78 is 1.87. The third-order valence-corrected chi connectivity index (χ3v) is 3.51. The van der Waals surface area contributed by atoms with Crippen LogP contribution in [0.3, 0.4) is 0 Å². The lowest BCUT2D eigenvalue weighted by Gasteiger charge is -2.42. The molecule has 0 aromatic carbocycles. The summed E-state index contributed by atoms with van der Waals surface area (Å²) in [5, 5.41) is 13.5. The summed E-state index contributed by atoms with van der Waals surface area (Å²) in [6.45, 7) is 9.84. The van der Waals surface area contributed by atoms with Gasteiger partial charge >= 0.3 is 5.97 Å². The second-order valence-corrected chi connectivity index (χ2v) is 5.00. The Morgan fingerprint density at radius 2 is 2.00 bits per heavy atom. The molecule has 1 saturated heterocycles. The van der Waals surface area contributed by atoms with Gasteiger partial charge in [-0.1, -0.05) is 0 Å². The Bertz CT molecular complexity index is 445. The number of aromatic carboxylic acids is 1. The molecule has 0 unspecified atom stereocenters. The molecule has 0 spiro atoms. The molecule has 5 nitrogen and oxygen atoms in total. The van der Waals surface area contributed by atoms with E-state index in [4.69, 9.17) is 5.11 Å². The summed E-state index contributed by atoms with van der Waals surface area (Å²) in [5.41, 5.74) is 1.73. The Morgan fingerprint density at radius 1 is 1.41 bits per heavy atom. The molecule has 17 heavy (non-hydrogen) atoms. The average molecular weight is 237 g/mol. The third kappa shape index (κ3) is 1.95. The van der Waals surface area contributed by atoms with Gasteiger partial charge < -0.3 is 5.11 Å². The molecule has 0 radical (unpaired) electrons. The average Bonchev–Trinajstić information content (AvgIpc) is 2.38. The van der Waals surface area contributed by atoms with Gasteiger partial charge in [0.15, 0.2) is 0 Å². The molecule has 0 aliphatic carbocycles. The van der Waals surface area contributed by atoms with E-state index in [0.717, 1.165) is 18.8 Å². The molecular weight excluding hydrogens is 218 g/mol. The van der Waals surface area contributed by atoms with Crippen molar-refractivity contribution in [1.29, 1.82) is 0 Å². The maximum atomic E-state index is 11.1. The van der Waals surface area contributed by atoms with Crippen molar-refractivity contribution in [3.05, 3.63) is 17.0 Å². The van der Waals surface area contributed by atoms with E-state index in [2.05, 4.69) is 23.8 Å². The highest BCUT2D eigenvalue weighted by Crippen LogP contribution is 2.26. The molecule has 5 heteroatoms. The normalized spacial score (nSPS) is 17.5. The van der Waals surface area contributed by atoms with Crippen molar-refractivity contribution in [1.82, 2.24) is 14.7 Å². The van der Waals surface area contributed by atoms with E-state index in [1.54, 1.807) is 6.92 Å². The van der Waals surface area contributed by atoms with Crippen LogP contribution in [0.15, 0.2) is 0 Å². The number of nitrogens with zero attached hydrogens (tertiary/aromatic N) is 3. The lowest BCUT2D eigenvalue weighted by atomic mass is 10.1. The molecule has 1 N–H and O–H groups in total. The van der Waals surface area contributed by atoms with Gasteiger partial charge in [-0.3, -0.25) is 9.58 Å². The SMILES string of the molecule is Cc1nn(C2CN(C(C)C)C2)c(C)c1C(=O)O. The fourth-order valence-electron chi connectivity index (χ4n) is 2.39. The zero-order valence-corrected chi connectivity index (χ0v) is 10.8. The van der Waals surface area contributed by atoms with Gasteiger partial charge in [0.25, 0.3) is 0 Å². The maximum absolute atomic E-state index is 11.1. The van der Waals surface area contributed by atoms with E-state index in [-0.39, 0.29) is 0 Å². The zero-order valence-electron chi connectivity index (χ0n) is 10.8. The molecule has 1 aromatic rings. The summed E-state index contributed by atoms with van der Waals surface area (Å²) in [7, 11) is 0. The molecule has 0 saturated carbocycles. The maximum Gasteiger partial charge on any atom is 0.339 e. The number of hydrogen-bond donors (Lipinski definition) is 1. The minimum Gasteiger partial charge on any atom is -0.478 e. The lowest BCUT2D eigenvalue weighted by Crippen LogP contribution is -2.51. The highest BCUT2D eigenvalue weighted by atomic mass is 16.4. The summed E-state index contributed by atoms with van der Waals surface area (Å²) in [4.78, 5) is 13.4. The van der Waals surface area contributed by atoms with E-state index >= 15 is 0 Å². The first-order chi connectivity index (χ1) is 7.91. The smallest absolute Gasteiger partial charge is 0.339 e. The van der Waals surface area contributed by atoms with E-state index in [9.17, 15) is 4.79 Å². The number of likely N-dealkylation sites (tertiary alicyclic amines) is 1. The first-order valence-electron chi connectivity index (χ1n) is 5.94. The fourth-order valence-corrected chi connectivity index (χ4v) is 2.39. The minimum atomic E-state index is -0.883. The highest BCUT2D eigenvalue weighted by Gasteiger charge is 2.32. The Balaban J connectivity index is 2.19. The monoisotopic (exact) mass is 237 g/mol. The van der Waals surface area contributed by atoms with Crippen LogP contribution in [0.1, 0.15) is 41.6 Å². The molecule has 94 valence electrons. The van der Waals surface area contributed by atoms with Gasteiger partial charge in [-0.15, -0.1) is 0 Å². The first-order valence-corrected chi connectivity index (χ1v) is 5.94. The van der Waals surface area contributed by atoms with E-state index < -0.39 is 5.97 Å². The number of carbonyl (C=O) groups is 1. The van der Waals surface area contributed by atoms with Crippen LogP contribution in [-0.4, -0.2) is 44.9 Å². The Kier molecular flexibility index (Phi) is 2.95. The van der Waals surface area contributed by atoms with E-state index in [1.165, 1.54) is 0 Å². The summed E-state index contributed by atoms with van der Waals surface area (Å²) in [6.07, 6.45) is 0. The van der Waals surface area contributed by atoms with Crippen LogP contribution >= 0.6 is 0 Å².